The normalized spacial score (nSPS) is 38.4. The number of ether oxygens (including phenoxy) is 1. The number of methoxy groups -OCH3 is 1. The summed E-state index contributed by atoms with van der Waals surface area (Å²) in [4.78, 5) is 27.7. The zero-order valence-electron chi connectivity index (χ0n) is 28.8. The Bertz CT molecular complexity index is 1300. The van der Waals surface area contributed by atoms with E-state index in [0.717, 1.165) is 51.4 Å². The van der Waals surface area contributed by atoms with Crippen LogP contribution in [0.4, 0.5) is 0 Å². The first-order valence-electron chi connectivity index (χ1n) is 17.9. The van der Waals surface area contributed by atoms with Crippen molar-refractivity contribution in [3.63, 3.8) is 0 Å². The quantitative estimate of drug-likeness (QED) is 0.299. The van der Waals surface area contributed by atoms with Crippen LogP contribution in [0.1, 0.15) is 108 Å². The van der Waals surface area contributed by atoms with Gasteiger partial charge in [-0.1, -0.05) is 52.3 Å². The zero-order valence-corrected chi connectivity index (χ0v) is 28.8. The highest BCUT2D eigenvalue weighted by atomic mass is 16.5. The van der Waals surface area contributed by atoms with E-state index < -0.39 is 5.97 Å². The molecule has 5 aliphatic carbocycles. The van der Waals surface area contributed by atoms with E-state index in [1.54, 1.807) is 19.2 Å². The average Bonchev–Trinajstić information content (AvgIpc) is 3.46. The summed E-state index contributed by atoms with van der Waals surface area (Å²) < 4.78 is 5.22. The molecule has 0 saturated heterocycles. The molecule has 5 aliphatic rings. The number of amides is 1. The number of likely N-dealkylation sites (N-methyl/N-ethyl adjacent to an activating group) is 1. The molecule has 0 aromatic heterocycles. The molecule has 1 aromatic rings. The fourth-order valence-electron chi connectivity index (χ4n) is 12.4. The van der Waals surface area contributed by atoms with Crippen LogP contribution < -0.4 is 5.32 Å². The van der Waals surface area contributed by atoms with Crippen molar-refractivity contribution < 1.29 is 19.4 Å². The van der Waals surface area contributed by atoms with Gasteiger partial charge in [-0.05, 0) is 134 Å². The molecule has 0 bridgehead atoms. The fourth-order valence-corrected chi connectivity index (χ4v) is 12.4. The highest BCUT2D eigenvalue weighted by Gasteiger charge is 2.66. The predicted molar refractivity (Wildman–Crippen MR) is 180 cm³/mol. The van der Waals surface area contributed by atoms with Crippen molar-refractivity contribution in [1.29, 1.82) is 0 Å². The van der Waals surface area contributed by atoms with Gasteiger partial charge in [0.2, 0.25) is 5.91 Å². The molecule has 0 heterocycles. The summed E-state index contributed by atoms with van der Waals surface area (Å²) in [6, 6.07) is 7.55. The first-order chi connectivity index (χ1) is 21.4. The summed E-state index contributed by atoms with van der Waals surface area (Å²) in [6.45, 7) is 13.3. The first-order valence-corrected chi connectivity index (χ1v) is 17.9. The number of carbonyl (C=O) groups excluding carboxylic acids is 1. The lowest BCUT2D eigenvalue weighted by atomic mass is 9.36. The summed E-state index contributed by atoms with van der Waals surface area (Å²) >= 11 is 0. The van der Waals surface area contributed by atoms with E-state index >= 15 is 0 Å². The van der Waals surface area contributed by atoms with Gasteiger partial charge in [0.15, 0.2) is 0 Å². The number of nitrogens with zero attached hydrogens (tertiary/aromatic N) is 1. The van der Waals surface area contributed by atoms with Crippen LogP contribution in [-0.2, 0) is 9.53 Å². The molecule has 1 aromatic carbocycles. The lowest BCUT2D eigenvalue weighted by Gasteiger charge is -2.68. The van der Waals surface area contributed by atoms with Crippen molar-refractivity contribution in [2.24, 2.45) is 51.2 Å². The molecule has 1 amide bonds. The maximum absolute atomic E-state index is 14.0. The molecule has 0 spiro atoms. The maximum atomic E-state index is 14.0. The molecule has 0 radical (unpaired) electrons. The lowest BCUT2D eigenvalue weighted by Crippen LogP contribution is -2.62. The number of carbonyl (C=O) groups is 2. The van der Waals surface area contributed by atoms with E-state index in [0.29, 0.717) is 40.6 Å². The third-order valence-corrected chi connectivity index (χ3v) is 14.4. The summed E-state index contributed by atoms with van der Waals surface area (Å²) in [5.41, 5.74) is 3.37. The van der Waals surface area contributed by atoms with Gasteiger partial charge in [0.25, 0.3) is 0 Å². The smallest absolute Gasteiger partial charge is 0.335 e. The van der Waals surface area contributed by atoms with Crippen molar-refractivity contribution in [2.45, 2.75) is 91.9 Å². The number of hydrogen-bond acceptors (Lipinski definition) is 4. The standard InChI is InChI=1S/C39H58N2O4/c1-36(2)29(26-9-11-27(12-10-26)34(42)43)15-19-38(4)32(36)17-20-37(3)30-16-21-39(35(44)40-22-23-41(5)24-25-45-6)18-7-8-31(39)28(30)13-14-33(37)38/h9-12,15,28,30-33H,7-8,13-14,16-25H2,1-6H3,(H,40,44)(H,42,43)/t28-,30?,31?,32?,33?,37-,38-,39-/m0/s1. The number of aromatic carboxylic acids is 1. The van der Waals surface area contributed by atoms with Gasteiger partial charge in [0.1, 0.15) is 0 Å². The van der Waals surface area contributed by atoms with Crippen molar-refractivity contribution in [2.75, 3.05) is 40.4 Å². The minimum absolute atomic E-state index is 0.0266. The fraction of sp³-hybridized carbons (Fsp3) is 0.744. The van der Waals surface area contributed by atoms with E-state index in [2.05, 4.69) is 51.0 Å². The molecular weight excluding hydrogens is 560 g/mol. The molecule has 6 rings (SSSR count). The summed E-state index contributed by atoms with van der Waals surface area (Å²) in [5, 5.41) is 12.8. The van der Waals surface area contributed by atoms with Gasteiger partial charge >= 0.3 is 5.97 Å². The molecular formula is C39H58N2O4. The van der Waals surface area contributed by atoms with Gasteiger partial charge in [0, 0.05) is 26.7 Å². The second-order valence-corrected chi connectivity index (χ2v) is 16.7. The lowest BCUT2D eigenvalue weighted by molar-refractivity contribution is -0.181. The Morgan fingerprint density at radius 2 is 1.67 bits per heavy atom. The number of nitrogens with one attached hydrogen (secondary N) is 1. The summed E-state index contributed by atoms with van der Waals surface area (Å²) in [5.74, 6) is 2.70. The van der Waals surface area contributed by atoms with Crippen molar-refractivity contribution in [3.8, 4) is 0 Å². The number of hydrogen-bond donors (Lipinski definition) is 2. The third-order valence-electron chi connectivity index (χ3n) is 14.4. The minimum Gasteiger partial charge on any atom is -0.478 e. The third kappa shape index (κ3) is 5.30. The van der Waals surface area contributed by atoms with E-state index in [-0.39, 0.29) is 16.2 Å². The van der Waals surface area contributed by atoms with Gasteiger partial charge in [-0.25, -0.2) is 4.79 Å². The Labute approximate surface area is 271 Å². The Morgan fingerprint density at radius 1 is 0.911 bits per heavy atom. The Balaban J connectivity index is 1.19. The minimum atomic E-state index is -0.868. The molecule has 45 heavy (non-hydrogen) atoms. The van der Waals surface area contributed by atoms with Gasteiger partial charge in [-0.3, -0.25) is 4.79 Å². The van der Waals surface area contributed by atoms with E-state index in [4.69, 9.17) is 4.74 Å². The monoisotopic (exact) mass is 618 g/mol. The van der Waals surface area contributed by atoms with Crippen LogP contribution in [0.3, 0.4) is 0 Å². The highest BCUT2D eigenvalue weighted by molar-refractivity contribution is 5.88. The second kappa shape index (κ2) is 12.1. The topological polar surface area (TPSA) is 78.9 Å². The van der Waals surface area contributed by atoms with E-state index in [1.807, 2.05) is 12.1 Å². The molecule has 6 nitrogen and oxygen atoms in total. The number of allylic oxidation sites excluding steroid dienone is 2. The SMILES string of the molecule is COCCN(C)CCNC(=O)[C@]12CCCC1[C@H]1CCC3[C@@](C)(CCC4C(C)(C)C(c5ccc(C(=O)O)cc5)=CC[C@@]43C)C1CC2. The summed E-state index contributed by atoms with van der Waals surface area (Å²) in [7, 11) is 3.84. The van der Waals surface area contributed by atoms with Gasteiger partial charge in [-0.15, -0.1) is 0 Å². The van der Waals surface area contributed by atoms with Crippen LogP contribution in [0, 0.1) is 51.2 Å². The maximum Gasteiger partial charge on any atom is 0.335 e. The van der Waals surface area contributed by atoms with Crippen LogP contribution >= 0.6 is 0 Å². The summed E-state index contributed by atoms with van der Waals surface area (Å²) in [6.07, 6.45) is 14.5. The van der Waals surface area contributed by atoms with Crippen LogP contribution in [0.2, 0.25) is 0 Å². The van der Waals surface area contributed by atoms with Gasteiger partial charge < -0.3 is 20.1 Å². The molecule has 4 unspecified atom stereocenters. The van der Waals surface area contributed by atoms with Crippen molar-refractivity contribution >= 4 is 17.4 Å². The first kappa shape index (κ1) is 32.7. The molecule has 4 saturated carbocycles. The molecule has 0 aliphatic heterocycles. The molecule has 248 valence electrons. The Kier molecular flexibility index (Phi) is 8.82. The van der Waals surface area contributed by atoms with Crippen molar-refractivity contribution in [1.82, 2.24) is 10.2 Å². The number of fused-ring (bicyclic) bond motifs is 7. The van der Waals surface area contributed by atoms with E-state index in [9.17, 15) is 14.7 Å². The zero-order chi connectivity index (χ0) is 32.2. The molecule has 8 atom stereocenters. The van der Waals surface area contributed by atoms with Crippen LogP contribution in [0.15, 0.2) is 30.3 Å². The number of rotatable bonds is 9. The Hall–Kier alpha value is -2.18. The van der Waals surface area contributed by atoms with Crippen molar-refractivity contribution in [3.05, 3.63) is 41.5 Å². The largest absolute Gasteiger partial charge is 0.478 e. The Morgan fingerprint density at radius 3 is 2.38 bits per heavy atom. The second-order valence-electron chi connectivity index (χ2n) is 16.7. The van der Waals surface area contributed by atoms with Crippen LogP contribution in [-0.4, -0.2) is 62.3 Å². The van der Waals surface area contributed by atoms with Crippen LogP contribution in [0.25, 0.3) is 5.57 Å². The molecule has 6 heteroatoms. The van der Waals surface area contributed by atoms with Gasteiger partial charge in [-0.2, -0.15) is 0 Å². The van der Waals surface area contributed by atoms with Crippen LogP contribution in [0.5, 0.6) is 0 Å². The molecule has 2 N–H and O–H groups in total. The van der Waals surface area contributed by atoms with Gasteiger partial charge in [0.05, 0.1) is 17.6 Å². The average molecular weight is 619 g/mol. The number of benzene rings is 1. The highest BCUT2D eigenvalue weighted by Crippen LogP contribution is 2.73. The number of carboxylic acid groups (broad SMARTS) is 1. The molecule has 4 fully saturated rings. The number of carboxylic acids is 1. The predicted octanol–water partition coefficient (Wildman–Crippen LogP) is 7.54. The van der Waals surface area contributed by atoms with E-state index in [1.165, 1.54) is 56.1 Å².